The van der Waals surface area contributed by atoms with Crippen LogP contribution in [0.2, 0.25) is 10.0 Å². The Kier molecular flexibility index (Phi) is 6.63. The molecule has 0 bridgehead atoms. The van der Waals surface area contributed by atoms with E-state index in [1.165, 1.54) is 42.8 Å². The van der Waals surface area contributed by atoms with E-state index in [-0.39, 0.29) is 43.7 Å². The highest BCUT2D eigenvalue weighted by Crippen LogP contribution is 2.45. The van der Waals surface area contributed by atoms with E-state index in [2.05, 4.69) is 9.97 Å². The minimum Gasteiger partial charge on any atom is -0.312 e. The Hall–Kier alpha value is -3.29. The molecule has 5 aromatic rings. The van der Waals surface area contributed by atoms with Crippen molar-refractivity contribution < 1.29 is 34.8 Å². The van der Waals surface area contributed by atoms with Crippen LogP contribution in [0, 0.1) is 0 Å². The Morgan fingerprint density at radius 3 is 2.17 bits per heavy atom. The van der Waals surface area contributed by atoms with Crippen LogP contribution in [0.25, 0.3) is 39.1 Å². The van der Waals surface area contributed by atoms with E-state index >= 15 is 0 Å². The Morgan fingerprint density at radius 2 is 1.60 bits per heavy atom. The minimum atomic E-state index is -4.92. The van der Waals surface area contributed by atoms with E-state index in [0.29, 0.717) is 6.20 Å². The summed E-state index contributed by atoms with van der Waals surface area (Å²) >= 11 is 12.3. The van der Waals surface area contributed by atoms with Gasteiger partial charge in [-0.2, -0.15) is 26.3 Å². The van der Waals surface area contributed by atoms with Gasteiger partial charge in [0, 0.05) is 34.4 Å². The van der Waals surface area contributed by atoms with E-state index in [1.807, 2.05) is 0 Å². The lowest BCUT2D eigenvalue weighted by Gasteiger charge is -2.15. The highest BCUT2D eigenvalue weighted by molar-refractivity contribution is 7.91. The molecule has 40 heavy (non-hydrogen) atoms. The zero-order chi connectivity index (χ0) is 29.4. The second-order valence-corrected chi connectivity index (χ2v) is 11.9. The van der Waals surface area contributed by atoms with E-state index in [0.717, 1.165) is 22.8 Å². The smallest absolute Gasteiger partial charge is 0.312 e. The van der Waals surface area contributed by atoms with E-state index in [4.69, 9.17) is 23.2 Å². The number of alkyl halides is 6. The fraction of sp³-hybridized carbons (Fsp3) is 0.200. The zero-order valence-electron chi connectivity index (χ0n) is 20.4. The first kappa shape index (κ1) is 28.2. The third kappa shape index (κ3) is 4.59. The molecule has 3 aromatic heterocycles. The van der Waals surface area contributed by atoms with Crippen LogP contribution in [0.5, 0.6) is 0 Å². The molecule has 0 radical (unpaired) electrons. The third-order valence-electron chi connectivity index (χ3n) is 6.29. The van der Waals surface area contributed by atoms with Gasteiger partial charge in [0.25, 0.3) is 0 Å². The van der Waals surface area contributed by atoms with Crippen LogP contribution in [0.4, 0.5) is 26.3 Å². The maximum absolute atomic E-state index is 14.3. The van der Waals surface area contributed by atoms with Crippen molar-refractivity contribution in [3.05, 3.63) is 69.8 Å². The maximum atomic E-state index is 14.3. The van der Waals surface area contributed by atoms with Crippen molar-refractivity contribution in [1.82, 2.24) is 19.1 Å². The number of aromatic nitrogens is 4. The minimum absolute atomic E-state index is 0.0295. The summed E-state index contributed by atoms with van der Waals surface area (Å²) in [6.07, 6.45) is -9.06. The van der Waals surface area contributed by atoms with Gasteiger partial charge in [-0.05, 0) is 30.3 Å². The standard InChI is InChI=1S/C25H16Cl2F6N4O2S/c1-3-40(38,39)23-19(22-35-18-7-12(24(28,29)30)11-34-21(18)36(22)2)16-5-4-6-17(25(31,32)33)20(16)37(23)15-9-13(26)8-14(27)10-15/h4-11H,3H2,1-2H3. The summed E-state index contributed by atoms with van der Waals surface area (Å²) in [4.78, 5) is 8.08. The lowest BCUT2D eigenvalue weighted by Crippen LogP contribution is -2.14. The summed E-state index contributed by atoms with van der Waals surface area (Å²) < 4.78 is 112. The number of para-hydroxylation sites is 1. The molecule has 210 valence electrons. The van der Waals surface area contributed by atoms with Crippen LogP contribution in [0.3, 0.4) is 0 Å². The molecular weight excluding hydrogens is 605 g/mol. The molecule has 0 unspecified atom stereocenters. The summed E-state index contributed by atoms with van der Waals surface area (Å²) in [7, 11) is -2.96. The fourth-order valence-corrected chi connectivity index (χ4v) is 6.34. The lowest BCUT2D eigenvalue weighted by atomic mass is 10.1. The van der Waals surface area contributed by atoms with Crippen molar-refractivity contribution in [3.8, 4) is 17.1 Å². The molecule has 0 aliphatic carbocycles. The van der Waals surface area contributed by atoms with Crippen LogP contribution >= 0.6 is 23.2 Å². The second-order valence-electron chi connectivity index (χ2n) is 8.81. The summed E-state index contributed by atoms with van der Waals surface area (Å²) in [6.45, 7) is 1.31. The number of aryl methyl sites for hydroxylation is 1. The van der Waals surface area contributed by atoms with Gasteiger partial charge in [0.15, 0.2) is 20.5 Å². The van der Waals surface area contributed by atoms with Gasteiger partial charge in [-0.25, -0.2) is 18.4 Å². The van der Waals surface area contributed by atoms with Gasteiger partial charge in [0.2, 0.25) is 0 Å². The molecule has 0 aliphatic rings. The first-order valence-electron chi connectivity index (χ1n) is 11.4. The predicted molar refractivity (Wildman–Crippen MR) is 139 cm³/mol. The number of halogens is 8. The molecular formula is C25H16Cl2F6N4O2S. The number of pyridine rings is 1. The second kappa shape index (κ2) is 9.38. The number of hydrogen-bond acceptors (Lipinski definition) is 4. The summed E-state index contributed by atoms with van der Waals surface area (Å²) in [5.41, 5.74) is -3.36. The van der Waals surface area contributed by atoms with Gasteiger partial charge in [0.05, 0.1) is 28.0 Å². The molecule has 0 amide bonds. The molecule has 0 atom stereocenters. The number of nitrogens with zero attached hydrogens (tertiary/aromatic N) is 4. The number of imidazole rings is 1. The van der Waals surface area contributed by atoms with Gasteiger partial charge in [-0.15, -0.1) is 0 Å². The summed E-state index contributed by atoms with van der Waals surface area (Å²) in [5, 5.41) is -0.662. The van der Waals surface area contributed by atoms with Crippen molar-refractivity contribution in [2.24, 2.45) is 7.05 Å². The fourth-order valence-electron chi connectivity index (χ4n) is 4.56. The molecule has 0 N–H and O–H groups in total. The molecule has 0 saturated carbocycles. The van der Waals surface area contributed by atoms with E-state index in [9.17, 15) is 34.8 Å². The van der Waals surface area contributed by atoms with Crippen LogP contribution in [-0.2, 0) is 29.2 Å². The van der Waals surface area contributed by atoms with Crippen LogP contribution < -0.4 is 0 Å². The Labute approximate surface area is 232 Å². The number of benzene rings is 2. The number of fused-ring (bicyclic) bond motifs is 2. The highest BCUT2D eigenvalue weighted by Gasteiger charge is 2.39. The summed E-state index contributed by atoms with van der Waals surface area (Å²) in [5.74, 6) is -0.725. The van der Waals surface area contributed by atoms with E-state index < -0.39 is 49.6 Å². The normalized spacial score (nSPS) is 13.1. The van der Waals surface area contributed by atoms with Gasteiger partial charge in [-0.1, -0.05) is 42.3 Å². The number of sulfone groups is 1. The quantitative estimate of drug-likeness (QED) is 0.193. The Bertz CT molecular complexity index is 1910. The van der Waals surface area contributed by atoms with Crippen molar-refractivity contribution >= 4 is 55.1 Å². The molecule has 5 rings (SSSR count). The summed E-state index contributed by atoms with van der Waals surface area (Å²) in [6, 6.07) is 7.75. The van der Waals surface area contributed by atoms with Crippen molar-refractivity contribution in [2.75, 3.05) is 5.75 Å². The van der Waals surface area contributed by atoms with Crippen LogP contribution in [-0.4, -0.2) is 33.3 Å². The Morgan fingerprint density at radius 1 is 0.950 bits per heavy atom. The zero-order valence-corrected chi connectivity index (χ0v) is 22.7. The predicted octanol–water partition coefficient (Wildman–Crippen LogP) is 7.72. The Balaban J connectivity index is 2.03. The monoisotopic (exact) mass is 620 g/mol. The molecule has 0 fully saturated rings. The molecule has 0 spiro atoms. The van der Waals surface area contributed by atoms with E-state index in [1.54, 1.807) is 0 Å². The van der Waals surface area contributed by atoms with Crippen LogP contribution in [0.1, 0.15) is 18.1 Å². The van der Waals surface area contributed by atoms with Gasteiger partial charge >= 0.3 is 12.4 Å². The van der Waals surface area contributed by atoms with Crippen molar-refractivity contribution in [2.45, 2.75) is 24.3 Å². The van der Waals surface area contributed by atoms with Gasteiger partial charge < -0.3 is 4.57 Å². The topological polar surface area (TPSA) is 69.8 Å². The van der Waals surface area contributed by atoms with Gasteiger partial charge in [-0.3, -0.25) is 4.57 Å². The molecule has 2 aromatic carbocycles. The highest BCUT2D eigenvalue weighted by atomic mass is 35.5. The van der Waals surface area contributed by atoms with Gasteiger partial charge in [0.1, 0.15) is 11.3 Å². The van der Waals surface area contributed by atoms with Crippen molar-refractivity contribution in [1.29, 1.82) is 0 Å². The first-order chi connectivity index (χ1) is 18.5. The SMILES string of the molecule is CCS(=O)(=O)c1c(-c2nc3cc(C(F)(F)F)cnc3n2C)c2cccc(C(F)(F)F)c2n1-c1cc(Cl)cc(Cl)c1. The average molecular weight is 621 g/mol. The maximum Gasteiger partial charge on any atom is 0.418 e. The molecule has 3 heterocycles. The lowest BCUT2D eigenvalue weighted by molar-refractivity contribution is -0.138. The third-order valence-corrected chi connectivity index (χ3v) is 8.46. The van der Waals surface area contributed by atoms with Crippen molar-refractivity contribution in [3.63, 3.8) is 0 Å². The average Bonchev–Trinajstić information content (AvgIpc) is 3.37. The molecule has 6 nitrogen and oxygen atoms in total. The number of rotatable bonds is 4. The van der Waals surface area contributed by atoms with Crippen LogP contribution in [0.15, 0.2) is 53.7 Å². The molecule has 0 aliphatic heterocycles. The first-order valence-corrected chi connectivity index (χ1v) is 13.8. The molecule has 15 heteroatoms. The number of hydrogen-bond donors (Lipinski definition) is 0. The largest absolute Gasteiger partial charge is 0.418 e. The molecule has 0 saturated heterocycles.